The number of rotatable bonds is 3. The molecular formula is C31H18ClN3O. The van der Waals surface area contributed by atoms with Crippen LogP contribution in [0, 0.1) is 0 Å². The Morgan fingerprint density at radius 1 is 0.528 bits per heavy atom. The lowest BCUT2D eigenvalue weighted by molar-refractivity contribution is 0.670. The summed E-state index contributed by atoms with van der Waals surface area (Å²) < 4.78 is 6.44. The van der Waals surface area contributed by atoms with Crippen LogP contribution in [0.3, 0.4) is 0 Å². The fourth-order valence-corrected chi connectivity index (χ4v) is 4.73. The van der Waals surface area contributed by atoms with Crippen LogP contribution in [0.25, 0.3) is 66.9 Å². The average Bonchev–Trinajstić information content (AvgIpc) is 3.30. The number of para-hydroxylation sites is 1. The first-order valence-corrected chi connectivity index (χ1v) is 12.0. The number of hydrogen-bond acceptors (Lipinski definition) is 4. The minimum absolute atomic E-state index is 0.558. The Balaban J connectivity index is 1.49. The van der Waals surface area contributed by atoms with E-state index in [1.807, 2.05) is 72.8 Å². The second-order valence-electron chi connectivity index (χ2n) is 8.66. The molecule has 0 fully saturated rings. The van der Waals surface area contributed by atoms with Crippen LogP contribution in [-0.2, 0) is 0 Å². The number of benzene rings is 5. The molecule has 0 atom stereocenters. The highest BCUT2D eigenvalue weighted by Crippen LogP contribution is 2.37. The third-order valence-corrected chi connectivity index (χ3v) is 6.63. The lowest BCUT2D eigenvalue weighted by Gasteiger charge is -2.08. The molecule has 0 saturated carbocycles. The van der Waals surface area contributed by atoms with Crippen LogP contribution in [0.15, 0.2) is 114 Å². The molecule has 0 aliphatic heterocycles. The fourth-order valence-electron chi connectivity index (χ4n) is 4.60. The maximum absolute atomic E-state index is 6.44. The van der Waals surface area contributed by atoms with Crippen LogP contribution in [-0.4, -0.2) is 15.0 Å². The Kier molecular flexibility index (Phi) is 4.79. The number of furan rings is 1. The minimum Gasteiger partial charge on any atom is -0.455 e. The molecule has 0 N–H and O–H groups in total. The van der Waals surface area contributed by atoms with E-state index in [1.54, 1.807) is 0 Å². The first-order valence-electron chi connectivity index (χ1n) is 11.6. The highest BCUT2D eigenvalue weighted by atomic mass is 35.5. The molecule has 0 aliphatic rings. The molecule has 5 aromatic carbocycles. The Labute approximate surface area is 211 Å². The van der Waals surface area contributed by atoms with E-state index in [0.717, 1.165) is 44.0 Å². The maximum Gasteiger partial charge on any atom is 0.167 e. The van der Waals surface area contributed by atoms with Gasteiger partial charge < -0.3 is 4.42 Å². The van der Waals surface area contributed by atoms with Crippen molar-refractivity contribution in [2.45, 2.75) is 0 Å². The van der Waals surface area contributed by atoms with E-state index in [2.05, 4.69) is 36.4 Å². The van der Waals surface area contributed by atoms with Gasteiger partial charge in [0.25, 0.3) is 0 Å². The lowest BCUT2D eigenvalue weighted by atomic mass is 10.0. The summed E-state index contributed by atoms with van der Waals surface area (Å²) in [5.41, 5.74) is 4.20. The van der Waals surface area contributed by atoms with Gasteiger partial charge in [-0.25, -0.2) is 15.0 Å². The molecule has 0 spiro atoms. The number of nitrogens with zero attached hydrogens (tertiary/aromatic N) is 3. The molecule has 7 aromatic rings. The SMILES string of the molecule is Clc1ccc(-c2nc(-c3ccccc3)nc(-c3cccc4c3oc3cc5ccccc5cc34)n2)cc1. The minimum atomic E-state index is 0.558. The van der Waals surface area contributed by atoms with Crippen molar-refractivity contribution < 1.29 is 4.42 Å². The van der Waals surface area contributed by atoms with E-state index >= 15 is 0 Å². The largest absolute Gasteiger partial charge is 0.455 e. The molecule has 0 radical (unpaired) electrons. The first kappa shape index (κ1) is 20.8. The zero-order valence-electron chi connectivity index (χ0n) is 19.0. The van der Waals surface area contributed by atoms with Crippen molar-refractivity contribution in [3.8, 4) is 34.2 Å². The van der Waals surface area contributed by atoms with Crippen LogP contribution < -0.4 is 0 Å². The van der Waals surface area contributed by atoms with Gasteiger partial charge >= 0.3 is 0 Å². The molecule has 36 heavy (non-hydrogen) atoms. The molecule has 0 saturated heterocycles. The molecule has 7 rings (SSSR count). The molecule has 0 amide bonds. The Bertz CT molecular complexity index is 1890. The summed E-state index contributed by atoms with van der Waals surface area (Å²) in [4.78, 5) is 14.6. The Morgan fingerprint density at radius 2 is 1.17 bits per heavy atom. The van der Waals surface area contributed by atoms with Gasteiger partial charge in [-0.2, -0.15) is 0 Å². The van der Waals surface area contributed by atoms with E-state index in [-0.39, 0.29) is 0 Å². The van der Waals surface area contributed by atoms with Gasteiger partial charge in [0.1, 0.15) is 11.2 Å². The monoisotopic (exact) mass is 483 g/mol. The summed E-state index contributed by atoms with van der Waals surface area (Å²) in [6.45, 7) is 0. The summed E-state index contributed by atoms with van der Waals surface area (Å²) >= 11 is 6.13. The summed E-state index contributed by atoms with van der Waals surface area (Å²) in [5.74, 6) is 1.74. The van der Waals surface area contributed by atoms with Crippen molar-refractivity contribution in [3.05, 3.63) is 114 Å². The predicted molar refractivity (Wildman–Crippen MR) is 146 cm³/mol. The average molecular weight is 484 g/mol. The predicted octanol–water partition coefficient (Wildman–Crippen LogP) is 8.58. The molecule has 5 heteroatoms. The zero-order valence-corrected chi connectivity index (χ0v) is 19.8. The third-order valence-electron chi connectivity index (χ3n) is 6.38. The topological polar surface area (TPSA) is 51.8 Å². The van der Waals surface area contributed by atoms with Gasteiger partial charge in [0.15, 0.2) is 17.5 Å². The molecule has 4 nitrogen and oxygen atoms in total. The van der Waals surface area contributed by atoms with Crippen molar-refractivity contribution in [2.24, 2.45) is 0 Å². The summed E-state index contributed by atoms with van der Waals surface area (Å²) in [6.07, 6.45) is 0. The lowest BCUT2D eigenvalue weighted by Crippen LogP contribution is -2.00. The van der Waals surface area contributed by atoms with Crippen LogP contribution in [0.4, 0.5) is 0 Å². The van der Waals surface area contributed by atoms with E-state index < -0.39 is 0 Å². The molecule has 170 valence electrons. The van der Waals surface area contributed by atoms with E-state index in [0.29, 0.717) is 22.5 Å². The molecular weight excluding hydrogens is 466 g/mol. The normalized spacial score (nSPS) is 11.5. The second-order valence-corrected chi connectivity index (χ2v) is 9.10. The third kappa shape index (κ3) is 3.51. The van der Waals surface area contributed by atoms with Gasteiger partial charge in [-0.05, 0) is 53.2 Å². The van der Waals surface area contributed by atoms with E-state index in [9.17, 15) is 0 Å². The zero-order chi connectivity index (χ0) is 24.1. The van der Waals surface area contributed by atoms with Crippen molar-refractivity contribution in [1.82, 2.24) is 15.0 Å². The van der Waals surface area contributed by atoms with Crippen molar-refractivity contribution in [3.63, 3.8) is 0 Å². The summed E-state index contributed by atoms with van der Waals surface area (Å²) in [7, 11) is 0. The number of aromatic nitrogens is 3. The van der Waals surface area contributed by atoms with Gasteiger partial charge in [0.2, 0.25) is 0 Å². The van der Waals surface area contributed by atoms with Crippen LogP contribution >= 0.6 is 11.6 Å². The summed E-state index contributed by atoms with van der Waals surface area (Å²) in [6, 6.07) is 36.1. The van der Waals surface area contributed by atoms with Gasteiger partial charge in [-0.1, -0.05) is 78.3 Å². The van der Waals surface area contributed by atoms with Gasteiger partial charge in [0, 0.05) is 26.9 Å². The Hall–Kier alpha value is -4.54. The van der Waals surface area contributed by atoms with Gasteiger partial charge in [-0.3, -0.25) is 0 Å². The highest BCUT2D eigenvalue weighted by Gasteiger charge is 2.18. The van der Waals surface area contributed by atoms with E-state index in [4.69, 9.17) is 31.0 Å². The van der Waals surface area contributed by atoms with Crippen LogP contribution in [0.5, 0.6) is 0 Å². The number of halogens is 1. The van der Waals surface area contributed by atoms with Crippen LogP contribution in [0.1, 0.15) is 0 Å². The molecule has 2 aromatic heterocycles. The Morgan fingerprint density at radius 3 is 1.92 bits per heavy atom. The quantitative estimate of drug-likeness (QED) is 0.252. The molecule has 2 heterocycles. The molecule has 0 unspecified atom stereocenters. The number of hydrogen-bond donors (Lipinski definition) is 0. The van der Waals surface area contributed by atoms with Crippen molar-refractivity contribution in [1.29, 1.82) is 0 Å². The molecule has 0 bridgehead atoms. The van der Waals surface area contributed by atoms with Crippen molar-refractivity contribution in [2.75, 3.05) is 0 Å². The smallest absolute Gasteiger partial charge is 0.167 e. The van der Waals surface area contributed by atoms with E-state index in [1.165, 1.54) is 5.39 Å². The fraction of sp³-hybridized carbons (Fsp3) is 0. The van der Waals surface area contributed by atoms with Crippen LogP contribution in [0.2, 0.25) is 5.02 Å². The molecule has 0 aliphatic carbocycles. The number of fused-ring (bicyclic) bond motifs is 4. The van der Waals surface area contributed by atoms with Gasteiger partial charge in [0.05, 0.1) is 5.56 Å². The second kappa shape index (κ2) is 8.29. The summed E-state index contributed by atoms with van der Waals surface area (Å²) in [5, 5.41) is 5.08. The maximum atomic E-state index is 6.44. The van der Waals surface area contributed by atoms with Gasteiger partial charge in [-0.15, -0.1) is 0 Å². The first-order chi connectivity index (χ1) is 17.7. The highest BCUT2D eigenvalue weighted by molar-refractivity contribution is 6.30. The standard InChI is InChI=1S/C31H18ClN3O/c32-23-15-13-20(14-16-23)30-33-29(19-7-2-1-3-8-19)34-31(35-30)25-12-6-11-24-26-17-21-9-4-5-10-22(21)18-27(26)36-28(24)25/h1-18H. The van der Waals surface area contributed by atoms with Crippen molar-refractivity contribution >= 4 is 44.3 Å².